The molecule has 0 radical (unpaired) electrons. The number of nitrogens with one attached hydrogen (secondary N) is 2. The fraction of sp³-hybridized carbons (Fsp3) is 0.619. The molecule has 0 bridgehead atoms. The molecule has 0 heterocycles. The quantitative estimate of drug-likeness (QED) is 0.714. The third-order valence-electron chi connectivity index (χ3n) is 6.34. The maximum atomic E-state index is 13.1. The van der Waals surface area contributed by atoms with Crippen molar-refractivity contribution < 1.29 is 9.59 Å². The molecule has 0 unspecified atom stereocenters. The van der Waals surface area contributed by atoms with E-state index in [1.54, 1.807) is 0 Å². The highest BCUT2D eigenvalue weighted by molar-refractivity contribution is 5.96. The number of anilines is 1. The number of nitrogens with two attached hydrogens (primary N) is 1. The van der Waals surface area contributed by atoms with Crippen LogP contribution in [0.2, 0.25) is 0 Å². The lowest BCUT2D eigenvalue weighted by atomic mass is 9.84. The van der Waals surface area contributed by atoms with E-state index >= 15 is 0 Å². The maximum Gasteiger partial charge on any atom is 0.240 e. The van der Waals surface area contributed by atoms with Gasteiger partial charge in [0, 0.05) is 12.2 Å². The Morgan fingerprint density at radius 3 is 2.15 bits per heavy atom. The second-order valence-electron chi connectivity index (χ2n) is 8.29. The highest BCUT2D eigenvalue weighted by atomic mass is 35.5. The van der Waals surface area contributed by atoms with Crippen LogP contribution in [0.5, 0.6) is 0 Å². The molecular weight excluding hydrogens is 362 g/mol. The van der Waals surface area contributed by atoms with Gasteiger partial charge in [0.2, 0.25) is 11.8 Å². The van der Waals surface area contributed by atoms with E-state index in [-0.39, 0.29) is 24.2 Å². The fourth-order valence-corrected chi connectivity index (χ4v) is 4.28. The minimum atomic E-state index is -0.746. The summed E-state index contributed by atoms with van der Waals surface area (Å²) in [4.78, 5) is 25.6. The second kappa shape index (κ2) is 8.61. The number of carbonyl (C=O) groups is 2. The lowest BCUT2D eigenvalue weighted by molar-refractivity contribution is -0.129. The van der Waals surface area contributed by atoms with Crippen molar-refractivity contribution in [2.75, 3.05) is 11.9 Å². The van der Waals surface area contributed by atoms with E-state index in [1.165, 1.54) is 5.56 Å². The summed E-state index contributed by atoms with van der Waals surface area (Å²) in [5.74, 6) is -0.0868. The minimum absolute atomic E-state index is 0. The molecule has 0 aromatic heterocycles. The average Bonchev–Trinajstić information content (AvgIpc) is 3.27. The van der Waals surface area contributed by atoms with Crippen LogP contribution in [0.1, 0.15) is 62.5 Å². The lowest BCUT2D eigenvalue weighted by Crippen LogP contribution is -2.55. The number of halogens is 1. The molecule has 0 saturated heterocycles. The summed E-state index contributed by atoms with van der Waals surface area (Å²) in [6.07, 6.45) is 7.13. The molecule has 5 nitrogen and oxygen atoms in total. The van der Waals surface area contributed by atoms with E-state index in [2.05, 4.69) is 17.6 Å². The molecule has 1 aromatic carbocycles. The Morgan fingerprint density at radius 1 is 0.963 bits per heavy atom. The molecule has 2 saturated carbocycles. The van der Waals surface area contributed by atoms with Crippen LogP contribution >= 0.6 is 12.4 Å². The number of benzene rings is 1. The number of hydrogen-bond donors (Lipinski definition) is 3. The molecule has 3 rings (SSSR count). The Labute approximate surface area is 168 Å². The highest BCUT2D eigenvalue weighted by Crippen LogP contribution is 2.39. The number of amides is 2. The third-order valence-corrected chi connectivity index (χ3v) is 6.34. The van der Waals surface area contributed by atoms with Crippen LogP contribution in [0.25, 0.3) is 0 Å². The predicted octanol–water partition coefficient (Wildman–Crippen LogP) is 3.61. The number of rotatable bonds is 5. The van der Waals surface area contributed by atoms with E-state index in [1.807, 2.05) is 25.1 Å². The molecule has 6 heteroatoms. The first-order valence-corrected chi connectivity index (χ1v) is 9.81. The maximum absolute atomic E-state index is 13.1. The number of hydrogen-bond acceptors (Lipinski definition) is 3. The van der Waals surface area contributed by atoms with Crippen molar-refractivity contribution in [2.45, 2.75) is 70.8 Å². The van der Waals surface area contributed by atoms with Crippen molar-refractivity contribution in [1.82, 2.24) is 5.32 Å². The molecule has 0 atom stereocenters. The summed E-state index contributed by atoms with van der Waals surface area (Å²) in [6.45, 7) is 4.47. The second-order valence-corrected chi connectivity index (χ2v) is 8.29. The van der Waals surface area contributed by atoms with E-state index in [0.29, 0.717) is 6.54 Å². The van der Waals surface area contributed by atoms with Crippen molar-refractivity contribution in [3.8, 4) is 0 Å². The van der Waals surface area contributed by atoms with Gasteiger partial charge < -0.3 is 16.4 Å². The predicted molar refractivity (Wildman–Crippen MR) is 111 cm³/mol. The first-order chi connectivity index (χ1) is 12.3. The van der Waals surface area contributed by atoms with Crippen LogP contribution in [-0.2, 0) is 9.59 Å². The van der Waals surface area contributed by atoms with Gasteiger partial charge in [-0.3, -0.25) is 9.59 Å². The summed E-state index contributed by atoms with van der Waals surface area (Å²) >= 11 is 0. The summed E-state index contributed by atoms with van der Waals surface area (Å²) < 4.78 is 0. The number of aryl methyl sites for hydroxylation is 2. The zero-order valence-electron chi connectivity index (χ0n) is 16.4. The van der Waals surface area contributed by atoms with Crippen molar-refractivity contribution in [1.29, 1.82) is 0 Å². The molecular formula is C21H32ClN3O2. The molecule has 150 valence electrons. The van der Waals surface area contributed by atoms with Gasteiger partial charge >= 0.3 is 0 Å². The summed E-state index contributed by atoms with van der Waals surface area (Å²) in [6, 6.07) is 5.96. The summed E-state index contributed by atoms with van der Waals surface area (Å²) in [5.41, 5.74) is 8.16. The van der Waals surface area contributed by atoms with Crippen molar-refractivity contribution in [3.05, 3.63) is 29.3 Å². The van der Waals surface area contributed by atoms with Gasteiger partial charge in [0.15, 0.2) is 0 Å². The first kappa shape index (κ1) is 21.7. The summed E-state index contributed by atoms with van der Waals surface area (Å²) in [5, 5.41) is 6.08. The number of carbonyl (C=O) groups excluding carboxylic acids is 2. The van der Waals surface area contributed by atoms with E-state index in [9.17, 15) is 9.59 Å². The zero-order chi connectivity index (χ0) is 18.8. The topological polar surface area (TPSA) is 84.2 Å². The van der Waals surface area contributed by atoms with Gasteiger partial charge in [-0.2, -0.15) is 0 Å². The lowest BCUT2D eigenvalue weighted by Gasteiger charge is -2.30. The smallest absolute Gasteiger partial charge is 0.240 e. The molecule has 0 spiro atoms. The van der Waals surface area contributed by atoms with E-state index in [0.717, 1.165) is 62.6 Å². The molecule has 0 aliphatic heterocycles. The Bertz CT molecular complexity index is 693. The van der Waals surface area contributed by atoms with Gasteiger partial charge in [-0.05, 0) is 62.8 Å². The molecule has 27 heavy (non-hydrogen) atoms. The fourth-order valence-electron chi connectivity index (χ4n) is 4.28. The van der Waals surface area contributed by atoms with Crippen LogP contribution in [-0.4, -0.2) is 23.9 Å². The standard InChI is InChI=1S/C21H31N3O2.ClH/c1-15-7-8-17(13-16(15)2)24-18(25)20(9-3-4-10-20)14-23-19(26)21(22)11-5-6-12-21;/h7-8,13H,3-6,9-12,14,22H2,1-2H3,(H,23,26)(H,24,25);1H. The van der Waals surface area contributed by atoms with Gasteiger partial charge in [0.1, 0.15) is 0 Å². The van der Waals surface area contributed by atoms with Crippen LogP contribution in [0.3, 0.4) is 0 Å². The van der Waals surface area contributed by atoms with Crippen LogP contribution in [0.15, 0.2) is 18.2 Å². The van der Waals surface area contributed by atoms with Crippen molar-refractivity contribution in [3.63, 3.8) is 0 Å². The molecule has 2 amide bonds. The van der Waals surface area contributed by atoms with Gasteiger partial charge in [-0.1, -0.05) is 31.7 Å². The Morgan fingerprint density at radius 2 is 1.56 bits per heavy atom. The van der Waals surface area contributed by atoms with Gasteiger partial charge in [0.05, 0.1) is 11.0 Å². The normalized spacial score (nSPS) is 20.0. The Kier molecular flexibility index (Phi) is 6.92. The van der Waals surface area contributed by atoms with Gasteiger partial charge in [0.25, 0.3) is 0 Å². The summed E-state index contributed by atoms with van der Waals surface area (Å²) in [7, 11) is 0. The zero-order valence-corrected chi connectivity index (χ0v) is 17.2. The van der Waals surface area contributed by atoms with Crippen molar-refractivity contribution in [2.24, 2.45) is 11.1 Å². The van der Waals surface area contributed by atoms with Crippen LogP contribution < -0.4 is 16.4 Å². The van der Waals surface area contributed by atoms with E-state index < -0.39 is 11.0 Å². The Balaban J connectivity index is 0.00000261. The van der Waals surface area contributed by atoms with Crippen molar-refractivity contribution >= 4 is 29.9 Å². The third kappa shape index (κ3) is 4.64. The average molecular weight is 394 g/mol. The molecule has 1 aromatic rings. The van der Waals surface area contributed by atoms with E-state index in [4.69, 9.17) is 5.73 Å². The SMILES string of the molecule is Cc1ccc(NC(=O)C2(CNC(=O)C3(N)CCCC3)CCCC2)cc1C.Cl. The molecule has 4 N–H and O–H groups in total. The minimum Gasteiger partial charge on any atom is -0.353 e. The van der Waals surface area contributed by atoms with Crippen LogP contribution in [0.4, 0.5) is 5.69 Å². The van der Waals surface area contributed by atoms with Gasteiger partial charge in [-0.15, -0.1) is 12.4 Å². The highest BCUT2D eigenvalue weighted by Gasteiger charge is 2.43. The monoisotopic (exact) mass is 393 g/mol. The van der Waals surface area contributed by atoms with Gasteiger partial charge in [-0.25, -0.2) is 0 Å². The molecule has 2 fully saturated rings. The first-order valence-electron chi connectivity index (χ1n) is 9.81. The van der Waals surface area contributed by atoms with Crippen LogP contribution in [0, 0.1) is 19.3 Å². The molecule has 2 aliphatic carbocycles. The largest absolute Gasteiger partial charge is 0.353 e. The molecule has 2 aliphatic rings. The Hall–Kier alpha value is -1.59.